The van der Waals surface area contributed by atoms with Crippen LogP contribution in [0.25, 0.3) is 0 Å². The van der Waals surface area contributed by atoms with Gasteiger partial charge in [0.15, 0.2) is 18.3 Å². The van der Waals surface area contributed by atoms with E-state index in [1.165, 1.54) is 26.2 Å². The molecule has 0 aromatic carbocycles. The highest BCUT2D eigenvalue weighted by Gasteiger charge is 2.37. The minimum Gasteiger partial charge on any atom is -0.492 e. The molecule has 0 N–H and O–H groups in total. The van der Waals surface area contributed by atoms with Crippen LogP contribution in [-0.4, -0.2) is 51.5 Å². The molecule has 0 saturated heterocycles. The topological polar surface area (TPSA) is 105 Å². The van der Waals surface area contributed by atoms with E-state index in [9.17, 15) is 18.0 Å². The van der Waals surface area contributed by atoms with E-state index in [0.29, 0.717) is 0 Å². The summed E-state index contributed by atoms with van der Waals surface area (Å²) in [4.78, 5) is 22.1. The van der Waals surface area contributed by atoms with Crippen molar-refractivity contribution in [2.75, 3.05) is 12.9 Å². The Morgan fingerprint density at radius 2 is 1.80 bits per heavy atom. The molecule has 9 heteroatoms. The lowest BCUT2D eigenvalue weighted by Crippen LogP contribution is -2.47. The molecule has 0 bridgehead atoms. The first-order chi connectivity index (χ1) is 9.19. The van der Waals surface area contributed by atoms with Crippen molar-refractivity contribution in [1.82, 2.24) is 0 Å². The number of esters is 2. The first-order valence-corrected chi connectivity index (χ1v) is 7.51. The first kappa shape index (κ1) is 16.4. The van der Waals surface area contributed by atoms with Crippen LogP contribution < -0.4 is 0 Å². The molecular formula is C11H16O8S. The summed E-state index contributed by atoms with van der Waals surface area (Å²) >= 11 is 0. The van der Waals surface area contributed by atoms with E-state index in [-0.39, 0.29) is 6.61 Å². The van der Waals surface area contributed by atoms with E-state index >= 15 is 0 Å². The van der Waals surface area contributed by atoms with E-state index in [2.05, 4.69) is 4.18 Å². The summed E-state index contributed by atoms with van der Waals surface area (Å²) in [7, 11) is -3.67. The molecule has 1 aliphatic heterocycles. The van der Waals surface area contributed by atoms with Crippen molar-refractivity contribution < 1.29 is 36.4 Å². The molecule has 0 radical (unpaired) electrons. The van der Waals surface area contributed by atoms with E-state index in [1.54, 1.807) is 0 Å². The molecule has 0 aromatic heterocycles. The third kappa shape index (κ3) is 5.57. The molecule has 20 heavy (non-hydrogen) atoms. The summed E-state index contributed by atoms with van der Waals surface area (Å²) in [6.07, 6.45) is 0.774. The van der Waals surface area contributed by atoms with Gasteiger partial charge in [0.2, 0.25) is 0 Å². The third-order valence-electron chi connectivity index (χ3n) is 2.26. The van der Waals surface area contributed by atoms with E-state index < -0.39 is 40.4 Å². The Labute approximate surface area is 116 Å². The van der Waals surface area contributed by atoms with Crippen LogP contribution in [0.1, 0.15) is 13.8 Å². The van der Waals surface area contributed by atoms with Crippen molar-refractivity contribution in [2.24, 2.45) is 0 Å². The number of carbonyl (C=O) groups excluding carboxylic acids is 2. The Morgan fingerprint density at radius 1 is 1.20 bits per heavy atom. The first-order valence-electron chi connectivity index (χ1n) is 5.70. The molecule has 8 nitrogen and oxygen atoms in total. The number of rotatable bonds is 5. The second kappa shape index (κ2) is 6.71. The van der Waals surface area contributed by atoms with Gasteiger partial charge in [0, 0.05) is 13.8 Å². The number of hydrogen-bond donors (Lipinski definition) is 0. The zero-order valence-corrected chi connectivity index (χ0v) is 12.1. The van der Waals surface area contributed by atoms with E-state index in [1.807, 2.05) is 0 Å². The van der Waals surface area contributed by atoms with E-state index in [0.717, 1.165) is 6.26 Å². The Balaban J connectivity index is 2.82. The number of ether oxygens (including phenoxy) is 3. The van der Waals surface area contributed by atoms with Gasteiger partial charge in [-0.15, -0.1) is 0 Å². The summed E-state index contributed by atoms with van der Waals surface area (Å²) in [5.74, 6) is -1.18. The van der Waals surface area contributed by atoms with Crippen molar-refractivity contribution in [3.8, 4) is 0 Å². The summed E-state index contributed by atoms with van der Waals surface area (Å²) in [5, 5.41) is 0. The fraction of sp³-hybridized carbons (Fsp3) is 0.636. The van der Waals surface area contributed by atoms with Gasteiger partial charge in [0.1, 0.15) is 6.61 Å². The minimum absolute atomic E-state index is 0.362. The predicted molar refractivity (Wildman–Crippen MR) is 65.9 cm³/mol. The monoisotopic (exact) mass is 308 g/mol. The Kier molecular flexibility index (Phi) is 5.52. The third-order valence-corrected chi connectivity index (χ3v) is 2.83. The van der Waals surface area contributed by atoms with Crippen LogP contribution in [0.5, 0.6) is 0 Å². The molecule has 0 amide bonds. The second-order valence-corrected chi connectivity index (χ2v) is 5.78. The summed E-state index contributed by atoms with van der Waals surface area (Å²) in [6.45, 7) is 2.02. The minimum atomic E-state index is -3.67. The van der Waals surface area contributed by atoms with Crippen molar-refractivity contribution in [3.05, 3.63) is 12.3 Å². The number of hydrogen-bond acceptors (Lipinski definition) is 8. The Hall–Kier alpha value is -1.61. The Bertz CT molecular complexity index is 495. The smallest absolute Gasteiger partial charge is 0.303 e. The maximum Gasteiger partial charge on any atom is 0.303 e. The lowest BCUT2D eigenvalue weighted by atomic mass is 10.1. The van der Waals surface area contributed by atoms with E-state index in [4.69, 9.17) is 14.2 Å². The lowest BCUT2D eigenvalue weighted by molar-refractivity contribution is -0.175. The van der Waals surface area contributed by atoms with Gasteiger partial charge >= 0.3 is 11.9 Å². The lowest BCUT2D eigenvalue weighted by Gasteiger charge is -2.32. The summed E-state index contributed by atoms with van der Waals surface area (Å²) in [6, 6.07) is 0. The predicted octanol–water partition coefficient (Wildman–Crippen LogP) is -0.261. The van der Waals surface area contributed by atoms with Crippen molar-refractivity contribution in [3.63, 3.8) is 0 Å². The van der Waals surface area contributed by atoms with Crippen LogP contribution in [0.2, 0.25) is 0 Å². The van der Waals surface area contributed by atoms with Gasteiger partial charge in [-0.3, -0.25) is 13.8 Å². The maximum atomic E-state index is 11.1. The summed E-state index contributed by atoms with van der Waals surface area (Å²) in [5.41, 5.74) is 0. The van der Waals surface area contributed by atoms with Crippen LogP contribution in [0.15, 0.2) is 12.3 Å². The van der Waals surface area contributed by atoms with Gasteiger partial charge in [-0.2, -0.15) is 8.42 Å². The molecule has 0 aliphatic carbocycles. The van der Waals surface area contributed by atoms with Crippen LogP contribution >= 0.6 is 0 Å². The molecule has 0 fully saturated rings. The van der Waals surface area contributed by atoms with Gasteiger partial charge in [-0.1, -0.05) is 0 Å². The Morgan fingerprint density at radius 3 is 2.30 bits per heavy atom. The zero-order valence-electron chi connectivity index (χ0n) is 11.3. The van der Waals surface area contributed by atoms with Crippen molar-refractivity contribution in [1.29, 1.82) is 0 Å². The highest BCUT2D eigenvalue weighted by Crippen LogP contribution is 2.20. The zero-order chi connectivity index (χ0) is 15.3. The molecule has 0 unspecified atom stereocenters. The quantitative estimate of drug-likeness (QED) is 0.505. The average molecular weight is 308 g/mol. The van der Waals surface area contributed by atoms with Gasteiger partial charge < -0.3 is 14.2 Å². The molecule has 3 atom stereocenters. The molecule has 1 aliphatic rings. The standard InChI is InChI=1S/C11H16O8S/c1-7(12)18-9-4-5-16-10(6-17-20(3,14)15)11(9)19-8(2)13/h4-5,9-11H,6H2,1-3H3/t9-,10-,11+/m1/s1. The van der Waals surface area contributed by atoms with Crippen LogP contribution in [0.3, 0.4) is 0 Å². The average Bonchev–Trinajstić information content (AvgIpc) is 2.27. The van der Waals surface area contributed by atoms with Crippen molar-refractivity contribution in [2.45, 2.75) is 32.2 Å². The van der Waals surface area contributed by atoms with Gasteiger partial charge in [0.05, 0.1) is 12.5 Å². The van der Waals surface area contributed by atoms with Crippen LogP contribution in [0.4, 0.5) is 0 Å². The molecule has 114 valence electrons. The molecular weight excluding hydrogens is 292 g/mol. The van der Waals surface area contributed by atoms with Gasteiger partial charge in [0.25, 0.3) is 10.1 Å². The normalized spacial score (nSPS) is 25.6. The van der Waals surface area contributed by atoms with Gasteiger partial charge in [-0.25, -0.2) is 0 Å². The second-order valence-electron chi connectivity index (χ2n) is 4.14. The van der Waals surface area contributed by atoms with Crippen LogP contribution in [-0.2, 0) is 38.1 Å². The highest BCUT2D eigenvalue weighted by atomic mass is 32.2. The largest absolute Gasteiger partial charge is 0.492 e. The summed E-state index contributed by atoms with van der Waals surface area (Å²) < 4.78 is 41.7. The number of carbonyl (C=O) groups is 2. The van der Waals surface area contributed by atoms with Crippen LogP contribution in [0, 0.1) is 0 Å². The molecule has 0 spiro atoms. The van der Waals surface area contributed by atoms with Gasteiger partial charge in [-0.05, 0) is 6.08 Å². The van der Waals surface area contributed by atoms with Crippen molar-refractivity contribution >= 4 is 22.1 Å². The molecule has 1 heterocycles. The fourth-order valence-electron chi connectivity index (χ4n) is 1.58. The fourth-order valence-corrected chi connectivity index (χ4v) is 1.96. The maximum absolute atomic E-state index is 11.1. The molecule has 0 aromatic rings. The highest BCUT2D eigenvalue weighted by molar-refractivity contribution is 7.85. The molecule has 0 saturated carbocycles. The molecule has 1 rings (SSSR count). The SMILES string of the molecule is CC(=O)O[C@H]1[C@H](OC(C)=O)C=CO[C@@H]1COS(C)(=O)=O.